The van der Waals surface area contributed by atoms with Crippen molar-refractivity contribution >= 4 is 17.8 Å². The van der Waals surface area contributed by atoms with Gasteiger partial charge in [-0.05, 0) is 6.92 Å². The molecule has 0 aliphatic heterocycles. The number of rotatable bonds is 7. The Kier molecular flexibility index (Phi) is 7.36. The van der Waals surface area contributed by atoms with Crippen molar-refractivity contribution in [3.05, 3.63) is 11.6 Å². The van der Waals surface area contributed by atoms with Gasteiger partial charge in [0.15, 0.2) is 6.61 Å². The molecule has 0 aromatic carbocycles. The first kappa shape index (κ1) is 15.1. The molecule has 0 aliphatic rings. The second-order valence-electron chi connectivity index (χ2n) is 3.08. The highest BCUT2D eigenvalue weighted by Gasteiger charge is 2.10. The van der Waals surface area contributed by atoms with Crippen LogP contribution in [0.5, 0.6) is 0 Å². The maximum absolute atomic E-state index is 11.2. The topological polar surface area (TPSA) is 102 Å². The monoisotopic (exact) mass is 245 g/mol. The van der Waals surface area contributed by atoms with Gasteiger partial charge in [0.05, 0.1) is 6.61 Å². The second-order valence-corrected chi connectivity index (χ2v) is 3.08. The number of hydrogen-bond acceptors (Lipinski definition) is 5. The van der Waals surface area contributed by atoms with E-state index in [9.17, 15) is 14.4 Å². The molecule has 96 valence electrons. The van der Waals surface area contributed by atoms with Crippen LogP contribution in [0.4, 0.5) is 0 Å². The van der Waals surface area contributed by atoms with Crippen molar-refractivity contribution in [1.29, 1.82) is 0 Å². The first-order chi connectivity index (χ1) is 7.97. The van der Waals surface area contributed by atoms with Crippen LogP contribution in [0.3, 0.4) is 0 Å². The Morgan fingerprint density at radius 3 is 2.53 bits per heavy atom. The molecular weight excluding hydrogens is 230 g/mol. The maximum Gasteiger partial charge on any atom is 0.334 e. The number of carboxylic acid groups (broad SMARTS) is 1. The summed E-state index contributed by atoms with van der Waals surface area (Å²) in [7, 11) is 1.49. The molecule has 7 heteroatoms. The summed E-state index contributed by atoms with van der Waals surface area (Å²) >= 11 is 0. The minimum absolute atomic E-state index is 0.0813. The van der Waals surface area contributed by atoms with Gasteiger partial charge in [-0.2, -0.15) is 0 Å². The summed E-state index contributed by atoms with van der Waals surface area (Å²) < 4.78 is 9.28. The van der Waals surface area contributed by atoms with E-state index >= 15 is 0 Å². The third-order valence-electron chi connectivity index (χ3n) is 1.62. The lowest BCUT2D eigenvalue weighted by Crippen LogP contribution is -2.31. The fourth-order valence-corrected chi connectivity index (χ4v) is 0.833. The molecule has 7 nitrogen and oxygen atoms in total. The highest BCUT2D eigenvalue weighted by Crippen LogP contribution is 1.96. The van der Waals surface area contributed by atoms with Crippen LogP contribution in [0, 0.1) is 0 Å². The molecule has 0 atom stereocenters. The number of carboxylic acids is 1. The number of carbonyl (C=O) groups excluding carboxylic acids is 2. The molecule has 0 unspecified atom stereocenters. The molecule has 0 heterocycles. The molecule has 0 aromatic heterocycles. The summed E-state index contributed by atoms with van der Waals surface area (Å²) in [4.78, 5) is 32.5. The maximum atomic E-state index is 11.2. The second kappa shape index (κ2) is 8.28. The average Bonchev–Trinajstić information content (AvgIpc) is 2.25. The lowest BCUT2D eigenvalue weighted by molar-refractivity contribution is -0.145. The molecule has 0 saturated heterocycles. The summed E-state index contributed by atoms with van der Waals surface area (Å²) in [5, 5.41) is 10.8. The van der Waals surface area contributed by atoms with Crippen LogP contribution in [0.15, 0.2) is 11.6 Å². The Balaban J connectivity index is 3.91. The molecule has 0 bridgehead atoms. The molecule has 2 N–H and O–H groups in total. The molecular formula is C10H15NO6. The van der Waals surface area contributed by atoms with Crippen LogP contribution < -0.4 is 5.32 Å². The van der Waals surface area contributed by atoms with E-state index in [2.05, 4.69) is 10.1 Å². The van der Waals surface area contributed by atoms with Gasteiger partial charge in [0, 0.05) is 25.3 Å². The number of hydrogen-bond donors (Lipinski definition) is 2. The van der Waals surface area contributed by atoms with E-state index in [1.165, 1.54) is 14.0 Å². The van der Waals surface area contributed by atoms with Crippen molar-refractivity contribution in [1.82, 2.24) is 5.32 Å². The summed E-state index contributed by atoms with van der Waals surface area (Å²) in [5.74, 6) is -2.56. The number of ether oxygens (including phenoxy) is 2. The Morgan fingerprint density at radius 1 is 1.35 bits per heavy atom. The molecule has 0 radical (unpaired) electrons. The number of nitrogens with one attached hydrogen (secondary N) is 1. The normalized spacial score (nSPS) is 10.8. The summed E-state index contributed by atoms with van der Waals surface area (Å²) in [6.45, 7) is 1.51. The van der Waals surface area contributed by atoms with Crippen LogP contribution in [0.1, 0.15) is 6.92 Å². The van der Waals surface area contributed by atoms with Crippen molar-refractivity contribution in [3.8, 4) is 0 Å². The smallest absolute Gasteiger partial charge is 0.334 e. The average molecular weight is 245 g/mol. The van der Waals surface area contributed by atoms with E-state index in [1.807, 2.05) is 0 Å². The highest BCUT2D eigenvalue weighted by atomic mass is 16.5. The van der Waals surface area contributed by atoms with Crippen molar-refractivity contribution < 1.29 is 29.0 Å². The van der Waals surface area contributed by atoms with Gasteiger partial charge in [-0.3, -0.25) is 4.79 Å². The minimum Gasteiger partial charge on any atom is -0.478 e. The Hall–Kier alpha value is -1.89. The molecule has 0 saturated carbocycles. The standard InChI is InChI=1S/C10H15NO6/c1-7(5-9(13)14)10(15)17-6-8(12)11-3-4-16-2/h5H,3-4,6H2,1-2H3,(H,11,12)(H,13,14)/b7-5+. The van der Waals surface area contributed by atoms with Crippen molar-refractivity contribution in [3.63, 3.8) is 0 Å². The third kappa shape index (κ3) is 7.97. The van der Waals surface area contributed by atoms with Crippen LogP contribution in [-0.2, 0) is 23.9 Å². The van der Waals surface area contributed by atoms with E-state index in [0.717, 1.165) is 0 Å². The van der Waals surface area contributed by atoms with E-state index in [4.69, 9.17) is 9.84 Å². The zero-order chi connectivity index (χ0) is 13.3. The number of methoxy groups -OCH3 is 1. The van der Waals surface area contributed by atoms with E-state index in [-0.39, 0.29) is 5.57 Å². The van der Waals surface area contributed by atoms with Gasteiger partial charge in [-0.25, -0.2) is 9.59 Å². The summed E-state index contributed by atoms with van der Waals surface area (Å²) in [6.07, 6.45) is 0.713. The van der Waals surface area contributed by atoms with Gasteiger partial charge < -0.3 is 19.9 Å². The molecule has 0 aliphatic carbocycles. The zero-order valence-corrected chi connectivity index (χ0v) is 9.69. The largest absolute Gasteiger partial charge is 0.478 e. The number of carbonyl (C=O) groups is 3. The number of aliphatic carboxylic acids is 1. The Labute approximate surface area is 98.4 Å². The highest BCUT2D eigenvalue weighted by molar-refractivity contribution is 5.96. The van der Waals surface area contributed by atoms with Gasteiger partial charge >= 0.3 is 11.9 Å². The zero-order valence-electron chi connectivity index (χ0n) is 9.69. The molecule has 1 amide bonds. The minimum atomic E-state index is -1.25. The molecule has 0 spiro atoms. The number of esters is 1. The molecule has 0 fully saturated rings. The van der Waals surface area contributed by atoms with Crippen molar-refractivity contribution in [2.24, 2.45) is 0 Å². The Morgan fingerprint density at radius 2 is 2.00 bits per heavy atom. The fourth-order valence-electron chi connectivity index (χ4n) is 0.833. The van der Waals surface area contributed by atoms with Gasteiger partial charge in [0.1, 0.15) is 0 Å². The van der Waals surface area contributed by atoms with Gasteiger partial charge in [-0.1, -0.05) is 0 Å². The van der Waals surface area contributed by atoms with E-state index in [1.54, 1.807) is 0 Å². The van der Waals surface area contributed by atoms with Crippen molar-refractivity contribution in [2.45, 2.75) is 6.92 Å². The quantitative estimate of drug-likeness (QED) is 0.350. The molecule has 0 rings (SSSR count). The lowest BCUT2D eigenvalue weighted by Gasteiger charge is -2.05. The van der Waals surface area contributed by atoms with E-state index < -0.39 is 24.5 Å². The van der Waals surface area contributed by atoms with Crippen LogP contribution in [-0.4, -0.2) is 49.8 Å². The predicted molar refractivity (Wildman–Crippen MR) is 57.2 cm³/mol. The SMILES string of the molecule is COCCNC(=O)COC(=O)/C(C)=C/C(=O)O. The summed E-state index contributed by atoms with van der Waals surface area (Å²) in [6, 6.07) is 0. The lowest BCUT2D eigenvalue weighted by atomic mass is 10.3. The van der Waals surface area contributed by atoms with Crippen LogP contribution in [0.2, 0.25) is 0 Å². The van der Waals surface area contributed by atoms with Gasteiger partial charge in [0.25, 0.3) is 5.91 Å². The van der Waals surface area contributed by atoms with Crippen LogP contribution in [0.25, 0.3) is 0 Å². The van der Waals surface area contributed by atoms with Gasteiger partial charge in [0.2, 0.25) is 0 Å². The summed E-state index contributed by atoms with van der Waals surface area (Å²) in [5.41, 5.74) is -0.0813. The first-order valence-corrected chi connectivity index (χ1v) is 4.81. The molecule has 0 aromatic rings. The molecule has 17 heavy (non-hydrogen) atoms. The van der Waals surface area contributed by atoms with E-state index in [0.29, 0.717) is 19.2 Å². The fraction of sp³-hybridized carbons (Fsp3) is 0.500. The first-order valence-electron chi connectivity index (χ1n) is 4.81. The predicted octanol–water partition coefficient (Wildman–Crippen LogP) is -0.677. The third-order valence-corrected chi connectivity index (χ3v) is 1.62. The van der Waals surface area contributed by atoms with Crippen molar-refractivity contribution in [2.75, 3.05) is 26.9 Å². The van der Waals surface area contributed by atoms with Gasteiger partial charge in [-0.15, -0.1) is 0 Å². The Bertz CT molecular complexity index is 323. The van der Waals surface area contributed by atoms with Crippen LogP contribution >= 0.6 is 0 Å². The number of amides is 1.